The Bertz CT molecular complexity index is 680. The van der Waals surface area contributed by atoms with Crippen LogP contribution in [-0.4, -0.2) is 51.5 Å². The first kappa shape index (κ1) is 18.9. The van der Waals surface area contributed by atoms with Gasteiger partial charge in [0.1, 0.15) is 0 Å². The Labute approximate surface area is 144 Å². The van der Waals surface area contributed by atoms with E-state index in [0.717, 1.165) is 5.56 Å². The highest BCUT2D eigenvalue weighted by Gasteiger charge is 2.29. The van der Waals surface area contributed by atoms with Crippen LogP contribution in [0.5, 0.6) is 0 Å². The SMILES string of the molecule is CCc1ccc(C(=O)NCC(C)C)cc1S(=O)(=O)N1CCOCC1. The van der Waals surface area contributed by atoms with Gasteiger partial charge in [-0.05, 0) is 30.0 Å². The quantitative estimate of drug-likeness (QED) is 0.843. The molecule has 1 aliphatic rings. The number of rotatable bonds is 6. The van der Waals surface area contributed by atoms with E-state index < -0.39 is 10.0 Å². The Hall–Kier alpha value is -1.44. The fourth-order valence-electron chi connectivity index (χ4n) is 2.55. The zero-order valence-corrected chi connectivity index (χ0v) is 15.4. The van der Waals surface area contributed by atoms with Crippen LogP contribution in [0.4, 0.5) is 0 Å². The maximum Gasteiger partial charge on any atom is 0.251 e. The average molecular weight is 354 g/mol. The molecule has 0 aliphatic carbocycles. The summed E-state index contributed by atoms with van der Waals surface area (Å²) >= 11 is 0. The first-order valence-electron chi connectivity index (χ1n) is 8.35. The predicted molar refractivity (Wildman–Crippen MR) is 92.6 cm³/mol. The lowest BCUT2D eigenvalue weighted by molar-refractivity contribution is 0.0730. The van der Waals surface area contributed by atoms with Crippen molar-refractivity contribution in [1.29, 1.82) is 0 Å². The minimum atomic E-state index is -3.62. The highest BCUT2D eigenvalue weighted by atomic mass is 32.2. The molecule has 0 saturated carbocycles. The monoisotopic (exact) mass is 354 g/mol. The summed E-state index contributed by atoms with van der Waals surface area (Å²) in [5.74, 6) is 0.0881. The van der Waals surface area contributed by atoms with Crippen LogP contribution in [-0.2, 0) is 21.2 Å². The molecule has 0 radical (unpaired) electrons. The van der Waals surface area contributed by atoms with E-state index >= 15 is 0 Å². The highest BCUT2D eigenvalue weighted by Crippen LogP contribution is 2.23. The molecule has 1 heterocycles. The van der Waals surface area contributed by atoms with E-state index in [1.165, 1.54) is 10.4 Å². The van der Waals surface area contributed by atoms with Gasteiger partial charge in [-0.15, -0.1) is 0 Å². The third-order valence-corrected chi connectivity index (χ3v) is 5.95. The molecule has 1 fully saturated rings. The first-order chi connectivity index (χ1) is 11.4. The van der Waals surface area contributed by atoms with Gasteiger partial charge >= 0.3 is 0 Å². The molecule has 7 heteroatoms. The minimum absolute atomic E-state index is 0.226. The van der Waals surface area contributed by atoms with Crippen LogP contribution >= 0.6 is 0 Å². The molecule has 1 aromatic carbocycles. The number of ether oxygens (including phenoxy) is 1. The molecule has 0 bridgehead atoms. The molecule has 1 N–H and O–H groups in total. The van der Waals surface area contributed by atoms with Crippen molar-refractivity contribution in [3.05, 3.63) is 29.3 Å². The van der Waals surface area contributed by atoms with E-state index in [2.05, 4.69) is 5.32 Å². The second-order valence-corrected chi connectivity index (χ2v) is 8.20. The summed E-state index contributed by atoms with van der Waals surface area (Å²) in [7, 11) is -3.62. The van der Waals surface area contributed by atoms with Crippen molar-refractivity contribution < 1.29 is 17.9 Å². The van der Waals surface area contributed by atoms with E-state index in [1.807, 2.05) is 20.8 Å². The third-order valence-electron chi connectivity index (χ3n) is 3.97. The van der Waals surface area contributed by atoms with E-state index in [1.54, 1.807) is 12.1 Å². The maximum absolute atomic E-state index is 12.9. The standard InChI is InChI=1S/C17H26N2O4S/c1-4-14-5-6-15(17(20)18-12-13(2)3)11-16(14)24(21,22)19-7-9-23-10-8-19/h5-6,11,13H,4,7-10,12H2,1-3H3,(H,18,20). The van der Waals surface area contributed by atoms with Crippen LogP contribution in [0.15, 0.2) is 23.1 Å². The number of aryl methyl sites for hydroxylation is 1. The molecule has 0 aromatic heterocycles. The molecule has 1 saturated heterocycles. The lowest BCUT2D eigenvalue weighted by Gasteiger charge is -2.27. The maximum atomic E-state index is 12.9. The number of hydrogen-bond acceptors (Lipinski definition) is 4. The van der Waals surface area contributed by atoms with E-state index in [9.17, 15) is 13.2 Å². The fourth-order valence-corrected chi connectivity index (χ4v) is 4.28. The number of nitrogens with one attached hydrogen (secondary N) is 1. The molecule has 6 nitrogen and oxygen atoms in total. The Kier molecular flexibility index (Phi) is 6.37. The zero-order chi connectivity index (χ0) is 17.7. The lowest BCUT2D eigenvalue weighted by atomic mass is 10.1. The largest absolute Gasteiger partial charge is 0.379 e. The van der Waals surface area contributed by atoms with Crippen molar-refractivity contribution in [3.8, 4) is 0 Å². The van der Waals surface area contributed by atoms with Gasteiger partial charge in [-0.1, -0.05) is 26.8 Å². The topological polar surface area (TPSA) is 75.7 Å². The molecule has 24 heavy (non-hydrogen) atoms. The van der Waals surface area contributed by atoms with E-state index in [-0.39, 0.29) is 10.8 Å². The summed E-state index contributed by atoms with van der Waals surface area (Å²) in [5, 5.41) is 2.83. The van der Waals surface area contributed by atoms with Crippen LogP contribution in [0, 0.1) is 5.92 Å². The molecule has 134 valence electrons. The predicted octanol–water partition coefficient (Wildman–Crippen LogP) is 1.66. The summed E-state index contributed by atoms with van der Waals surface area (Å²) in [4.78, 5) is 12.5. The number of benzene rings is 1. The van der Waals surface area contributed by atoms with Crippen molar-refractivity contribution in [1.82, 2.24) is 9.62 Å². The highest BCUT2D eigenvalue weighted by molar-refractivity contribution is 7.89. The second-order valence-electron chi connectivity index (χ2n) is 6.30. The van der Waals surface area contributed by atoms with Gasteiger partial charge in [-0.2, -0.15) is 4.31 Å². The van der Waals surface area contributed by atoms with Crippen molar-refractivity contribution in [3.63, 3.8) is 0 Å². The summed E-state index contributed by atoms with van der Waals surface area (Å²) < 4.78 is 32.6. The first-order valence-corrected chi connectivity index (χ1v) is 9.79. The molecule has 1 aliphatic heterocycles. The van der Waals surface area contributed by atoms with Gasteiger partial charge in [-0.25, -0.2) is 8.42 Å². The summed E-state index contributed by atoms with van der Waals surface area (Å²) in [6, 6.07) is 4.92. The van der Waals surface area contributed by atoms with Gasteiger partial charge in [-0.3, -0.25) is 4.79 Å². The van der Waals surface area contributed by atoms with Gasteiger partial charge in [0.25, 0.3) is 5.91 Å². The number of sulfonamides is 1. The molecule has 0 unspecified atom stereocenters. The molecular formula is C17H26N2O4S. The Morgan fingerprint density at radius 1 is 1.29 bits per heavy atom. The average Bonchev–Trinajstić information content (AvgIpc) is 2.59. The number of carbonyl (C=O) groups is 1. The summed E-state index contributed by atoms with van der Waals surface area (Å²) in [6.07, 6.45) is 0.590. The Morgan fingerprint density at radius 2 is 1.96 bits per heavy atom. The van der Waals surface area contributed by atoms with Crippen molar-refractivity contribution >= 4 is 15.9 Å². The fraction of sp³-hybridized carbons (Fsp3) is 0.588. The number of morpholine rings is 1. The van der Waals surface area contributed by atoms with Crippen molar-refractivity contribution in [2.75, 3.05) is 32.8 Å². The van der Waals surface area contributed by atoms with Crippen LogP contribution in [0.25, 0.3) is 0 Å². The van der Waals surface area contributed by atoms with Gasteiger partial charge in [0.05, 0.1) is 18.1 Å². The molecule has 1 amide bonds. The number of amides is 1. The smallest absolute Gasteiger partial charge is 0.251 e. The molecular weight excluding hydrogens is 328 g/mol. The second kappa shape index (κ2) is 8.09. The van der Waals surface area contributed by atoms with Crippen LogP contribution < -0.4 is 5.32 Å². The lowest BCUT2D eigenvalue weighted by Crippen LogP contribution is -2.41. The number of hydrogen-bond donors (Lipinski definition) is 1. The molecule has 0 atom stereocenters. The zero-order valence-electron chi connectivity index (χ0n) is 14.5. The van der Waals surface area contributed by atoms with Gasteiger partial charge in [0.2, 0.25) is 10.0 Å². The summed E-state index contributed by atoms with van der Waals surface area (Å²) in [5.41, 5.74) is 1.10. The van der Waals surface area contributed by atoms with Gasteiger partial charge < -0.3 is 10.1 Å². The normalized spacial score (nSPS) is 16.3. The van der Waals surface area contributed by atoms with Crippen molar-refractivity contribution in [2.45, 2.75) is 32.1 Å². The summed E-state index contributed by atoms with van der Waals surface area (Å²) in [6.45, 7) is 7.96. The van der Waals surface area contributed by atoms with E-state index in [0.29, 0.717) is 50.8 Å². The van der Waals surface area contributed by atoms with Crippen molar-refractivity contribution in [2.24, 2.45) is 5.92 Å². The third kappa shape index (κ3) is 4.34. The Balaban J connectivity index is 2.33. The molecule has 2 rings (SSSR count). The number of nitrogens with zero attached hydrogens (tertiary/aromatic N) is 1. The van der Waals surface area contributed by atoms with Gasteiger partial charge in [0, 0.05) is 25.2 Å². The van der Waals surface area contributed by atoms with Gasteiger partial charge in [0.15, 0.2) is 0 Å². The van der Waals surface area contributed by atoms with E-state index in [4.69, 9.17) is 4.74 Å². The van der Waals surface area contributed by atoms with Crippen LogP contribution in [0.2, 0.25) is 0 Å². The minimum Gasteiger partial charge on any atom is -0.379 e. The van der Waals surface area contributed by atoms with Crippen LogP contribution in [0.1, 0.15) is 36.7 Å². The molecule has 0 spiro atoms. The molecule has 1 aromatic rings. The number of carbonyl (C=O) groups excluding carboxylic acids is 1. The Morgan fingerprint density at radius 3 is 2.54 bits per heavy atom. The van der Waals surface area contributed by atoms with Crippen LogP contribution in [0.3, 0.4) is 0 Å².